The van der Waals surface area contributed by atoms with Gasteiger partial charge in [0.25, 0.3) is 0 Å². The third-order valence-electron chi connectivity index (χ3n) is 1.75. The van der Waals surface area contributed by atoms with E-state index in [-0.39, 0.29) is 20.8 Å². The van der Waals surface area contributed by atoms with Gasteiger partial charge in [0.2, 0.25) is 0 Å². The van der Waals surface area contributed by atoms with Crippen LogP contribution < -0.4 is 5.43 Å². The first-order valence-electron chi connectivity index (χ1n) is 4.24. The second-order valence-corrected chi connectivity index (χ2v) is 4.30. The topological polar surface area (TPSA) is 24.4 Å². The van der Waals surface area contributed by atoms with Crippen molar-refractivity contribution in [3.63, 3.8) is 0 Å². The minimum Gasteiger partial charge on any atom is -0.275 e. The zero-order valence-electron chi connectivity index (χ0n) is 8.37. The van der Waals surface area contributed by atoms with Crippen molar-refractivity contribution in [2.24, 2.45) is 5.10 Å². The Kier molecular flexibility index (Phi) is 4.52. The number of hydrazone groups is 1. The van der Waals surface area contributed by atoms with Crippen LogP contribution in [-0.4, -0.2) is 11.9 Å². The number of hydrogen-bond acceptors (Lipinski definition) is 2. The van der Waals surface area contributed by atoms with E-state index in [1.807, 2.05) is 0 Å². The van der Waals surface area contributed by atoms with Gasteiger partial charge in [-0.05, 0) is 19.1 Å². The molecule has 0 saturated carbocycles. The largest absolute Gasteiger partial charge is 0.430 e. The lowest BCUT2D eigenvalue weighted by Crippen LogP contribution is -2.20. The minimum atomic E-state index is -4.50. The average molecular weight is 306 g/mol. The summed E-state index contributed by atoms with van der Waals surface area (Å²) in [4.78, 5) is 0. The van der Waals surface area contributed by atoms with Crippen LogP contribution in [0.1, 0.15) is 6.92 Å². The maximum Gasteiger partial charge on any atom is 0.430 e. The molecule has 1 aromatic carbocycles. The van der Waals surface area contributed by atoms with Gasteiger partial charge in [-0.15, -0.1) is 0 Å². The summed E-state index contributed by atoms with van der Waals surface area (Å²) < 4.78 is 36.5. The monoisotopic (exact) mass is 304 g/mol. The zero-order chi connectivity index (χ0) is 13.2. The fourth-order valence-corrected chi connectivity index (χ4v) is 1.75. The van der Waals surface area contributed by atoms with Crippen molar-refractivity contribution in [2.75, 3.05) is 5.43 Å². The standard InChI is InChI=1S/C9H6Cl3F3N2/c1-4(9(13,14)15)16-17-8-6(11)2-5(10)3-7(8)12/h2-3,17H,1H3/b16-4-. The Morgan fingerprint density at radius 3 is 2.06 bits per heavy atom. The van der Waals surface area contributed by atoms with Crippen molar-refractivity contribution in [3.05, 3.63) is 27.2 Å². The maximum absolute atomic E-state index is 12.2. The average Bonchev–Trinajstić information content (AvgIpc) is 2.13. The Morgan fingerprint density at radius 2 is 1.65 bits per heavy atom. The highest BCUT2D eigenvalue weighted by Gasteiger charge is 2.32. The molecule has 0 aliphatic heterocycles. The van der Waals surface area contributed by atoms with Gasteiger partial charge in [-0.3, -0.25) is 5.43 Å². The molecule has 0 amide bonds. The molecule has 0 saturated heterocycles. The number of rotatable bonds is 2. The van der Waals surface area contributed by atoms with Crippen molar-refractivity contribution in [3.8, 4) is 0 Å². The van der Waals surface area contributed by atoms with Crippen molar-refractivity contribution >= 4 is 46.2 Å². The van der Waals surface area contributed by atoms with E-state index in [4.69, 9.17) is 34.8 Å². The minimum absolute atomic E-state index is 0.0707. The van der Waals surface area contributed by atoms with Crippen LogP contribution in [-0.2, 0) is 0 Å². The van der Waals surface area contributed by atoms with Crippen LogP contribution in [0.15, 0.2) is 17.2 Å². The fraction of sp³-hybridized carbons (Fsp3) is 0.222. The van der Waals surface area contributed by atoms with E-state index in [1.54, 1.807) is 0 Å². The summed E-state index contributed by atoms with van der Waals surface area (Å²) in [5.41, 5.74) is 1.19. The van der Waals surface area contributed by atoms with E-state index in [2.05, 4.69) is 10.5 Å². The predicted molar refractivity (Wildman–Crippen MR) is 64.3 cm³/mol. The predicted octanol–water partition coefficient (Wildman–Crippen LogP) is 5.00. The number of anilines is 1. The molecular weight excluding hydrogens is 299 g/mol. The molecule has 94 valence electrons. The number of nitrogens with one attached hydrogen (secondary N) is 1. The first kappa shape index (κ1) is 14.4. The van der Waals surface area contributed by atoms with Gasteiger partial charge in [-0.1, -0.05) is 34.8 Å². The Labute approximate surface area is 110 Å². The first-order valence-corrected chi connectivity index (χ1v) is 5.37. The van der Waals surface area contributed by atoms with Crippen LogP contribution >= 0.6 is 34.8 Å². The van der Waals surface area contributed by atoms with Gasteiger partial charge in [0.05, 0.1) is 15.7 Å². The van der Waals surface area contributed by atoms with Crippen LogP contribution in [0.5, 0.6) is 0 Å². The highest BCUT2D eigenvalue weighted by Crippen LogP contribution is 2.33. The van der Waals surface area contributed by atoms with E-state index in [1.165, 1.54) is 12.1 Å². The summed E-state index contributed by atoms with van der Waals surface area (Å²) >= 11 is 17.1. The molecule has 0 fully saturated rings. The van der Waals surface area contributed by atoms with E-state index in [9.17, 15) is 13.2 Å². The molecule has 0 aliphatic rings. The lowest BCUT2D eigenvalue weighted by molar-refractivity contribution is -0.0592. The summed E-state index contributed by atoms with van der Waals surface area (Å²) in [6.07, 6.45) is -4.50. The molecule has 0 aromatic heterocycles. The zero-order valence-corrected chi connectivity index (χ0v) is 10.6. The Bertz CT molecular complexity index is 434. The number of nitrogens with zero attached hydrogens (tertiary/aromatic N) is 1. The van der Waals surface area contributed by atoms with Gasteiger partial charge in [-0.25, -0.2) is 0 Å². The lowest BCUT2D eigenvalue weighted by atomic mass is 10.3. The van der Waals surface area contributed by atoms with E-state index >= 15 is 0 Å². The van der Waals surface area contributed by atoms with Gasteiger partial charge in [0.1, 0.15) is 5.71 Å². The highest BCUT2D eigenvalue weighted by atomic mass is 35.5. The van der Waals surface area contributed by atoms with Crippen LogP contribution in [0.2, 0.25) is 15.1 Å². The van der Waals surface area contributed by atoms with Gasteiger partial charge in [0.15, 0.2) is 0 Å². The number of hydrogen-bond donors (Lipinski definition) is 1. The molecule has 2 nitrogen and oxygen atoms in total. The molecule has 17 heavy (non-hydrogen) atoms. The third-order valence-corrected chi connectivity index (χ3v) is 2.57. The molecule has 0 spiro atoms. The molecule has 0 unspecified atom stereocenters. The quantitative estimate of drug-likeness (QED) is 0.603. The van der Waals surface area contributed by atoms with Crippen LogP contribution in [0, 0.1) is 0 Å². The summed E-state index contributed by atoms with van der Waals surface area (Å²) in [5.74, 6) is 0. The molecule has 1 N–H and O–H groups in total. The van der Waals surface area contributed by atoms with Crippen LogP contribution in [0.4, 0.5) is 18.9 Å². The SMILES string of the molecule is C/C(=N/Nc1c(Cl)cc(Cl)cc1Cl)C(F)(F)F. The van der Waals surface area contributed by atoms with E-state index in [0.717, 1.165) is 6.92 Å². The molecule has 0 heterocycles. The Morgan fingerprint density at radius 1 is 1.18 bits per heavy atom. The normalized spacial score (nSPS) is 12.8. The molecular formula is C9H6Cl3F3N2. The summed E-state index contributed by atoms with van der Waals surface area (Å²) in [5, 5.41) is 3.60. The van der Waals surface area contributed by atoms with Gasteiger partial charge < -0.3 is 0 Å². The van der Waals surface area contributed by atoms with Crippen molar-refractivity contribution in [1.29, 1.82) is 0 Å². The highest BCUT2D eigenvalue weighted by molar-refractivity contribution is 6.41. The van der Waals surface area contributed by atoms with Crippen molar-refractivity contribution in [1.82, 2.24) is 0 Å². The van der Waals surface area contributed by atoms with Gasteiger partial charge in [-0.2, -0.15) is 18.3 Å². The maximum atomic E-state index is 12.2. The Balaban J connectivity index is 2.98. The van der Waals surface area contributed by atoms with E-state index in [0.29, 0.717) is 0 Å². The summed E-state index contributed by atoms with van der Waals surface area (Å²) in [6, 6.07) is 2.69. The third kappa shape index (κ3) is 3.94. The number of halogens is 6. The first-order chi connectivity index (χ1) is 7.71. The molecule has 8 heteroatoms. The number of benzene rings is 1. The molecule has 1 rings (SSSR count). The second-order valence-electron chi connectivity index (χ2n) is 3.05. The van der Waals surface area contributed by atoms with Gasteiger partial charge >= 0.3 is 6.18 Å². The van der Waals surface area contributed by atoms with Gasteiger partial charge in [0, 0.05) is 5.02 Å². The fourth-order valence-electron chi connectivity index (χ4n) is 0.852. The smallest absolute Gasteiger partial charge is 0.275 e. The summed E-state index contributed by atoms with van der Waals surface area (Å²) in [6.45, 7) is 0.824. The van der Waals surface area contributed by atoms with Crippen LogP contribution in [0.3, 0.4) is 0 Å². The lowest BCUT2D eigenvalue weighted by Gasteiger charge is -2.09. The Hall–Kier alpha value is -0.650. The van der Waals surface area contributed by atoms with Crippen molar-refractivity contribution < 1.29 is 13.2 Å². The molecule has 0 aliphatic carbocycles. The molecule has 0 atom stereocenters. The molecule has 1 aromatic rings. The summed E-state index contributed by atoms with van der Waals surface area (Å²) in [7, 11) is 0. The molecule has 0 radical (unpaired) electrons. The van der Waals surface area contributed by atoms with Crippen LogP contribution in [0.25, 0.3) is 0 Å². The number of alkyl halides is 3. The van der Waals surface area contributed by atoms with E-state index < -0.39 is 11.9 Å². The van der Waals surface area contributed by atoms with Crippen molar-refractivity contribution in [2.45, 2.75) is 13.1 Å². The second kappa shape index (κ2) is 5.33. The molecule has 0 bridgehead atoms.